The lowest BCUT2D eigenvalue weighted by molar-refractivity contribution is 0.100. The second-order valence-electron chi connectivity index (χ2n) is 2.93. The molecule has 2 N–H and O–H groups in total. The highest BCUT2D eigenvalue weighted by atomic mass is 16.1. The fraction of sp³-hybridized carbons (Fsp3) is 0.111. The lowest BCUT2D eigenvalue weighted by Crippen LogP contribution is -2.13. The van der Waals surface area contributed by atoms with Gasteiger partial charge in [-0.3, -0.25) is 4.79 Å². The summed E-state index contributed by atoms with van der Waals surface area (Å²) in [6, 6.07) is 6.93. The summed E-state index contributed by atoms with van der Waals surface area (Å²) < 4.78 is 1.51. The van der Waals surface area contributed by atoms with Gasteiger partial charge >= 0.3 is 0 Å². The van der Waals surface area contributed by atoms with Crippen molar-refractivity contribution in [1.29, 1.82) is 0 Å². The van der Waals surface area contributed by atoms with Gasteiger partial charge in [-0.1, -0.05) is 0 Å². The topological polar surface area (TPSA) is 86.7 Å². The molecule has 0 atom stereocenters. The van der Waals surface area contributed by atoms with Crippen LogP contribution < -0.4 is 5.73 Å². The van der Waals surface area contributed by atoms with Gasteiger partial charge in [0, 0.05) is 5.56 Å². The Balaban J connectivity index is 2.29. The van der Waals surface area contributed by atoms with Crippen LogP contribution in [0.1, 0.15) is 10.4 Å². The molecule has 0 saturated heterocycles. The van der Waals surface area contributed by atoms with Crippen LogP contribution in [0.4, 0.5) is 0 Å². The number of Topliss-reactive ketones (excluding diaryl/α,β-unsaturated/α-hetero) is 1. The molecule has 1 aromatic carbocycles. The molecular formula is C9H9N5O. The van der Waals surface area contributed by atoms with Crippen molar-refractivity contribution in [3.63, 3.8) is 0 Å². The van der Waals surface area contributed by atoms with Gasteiger partial charge in [0.1, 0.15) is 6.33 Å². The molecule has 0 aliphatic rings. The number of aromatic nitrogens is 4. The zero-order valence-electron chi connectivity index (χ0n) is 7.87. The Morgan fingerprint density at radius 1 is 1.33 bits per heavy atom. The van der Waals surface area contributed by atoms with Gasteiger partial charge < -0.3 is 5.73 Å². The predicted octanol–water partition coefficient (Wildman–Crippen LogP) is -0.196. The van der Waals surface area contributed by atoms with Crippen LogP contribution in [0, 0.1) is 0 Å². The van der Waals surface area contributed by atoms with E-state index in [1.54, 1.807) is 24.3 Å². The second kappa shape index (κ2) is 3.97. The number of tetrazole rings is 1. The van der Waals surface area contributed by atoms with Gasteiger partial charge in [0.2, 0.25) is 0 Å². The molecule has 15 heavy (non-hydrogen) atoms. The van der Waals surface area contributed by atoms with E-state index < -0.39 is 0 Å². The van der Waals surface area contributed by atoms with E-state index in [9.17, 15) is 4.79 Å². The van der Waals surface area contributed by atoms with E-state index in [4.69, 9.17) is 5.73 Å². The minimum Gasteiger partial charge on any atom is -0.324 e. The number of rotatable bonds is 3. The first-order chi connectivity index (χ1) is 7.31. The predicted molar refractivity (Wildman–Crippen MR) is 52.5 cm³/mol. The highest BCUT2D eigenvalue weighted by Crippen LogP contribution is 2.07. The molecule has 0 bridgehead atoms. The molecule has 0 fully saturated rings. The molecule has 0 amide bonds. The van der Waals surface area contributed by atoms with Gasteiger partial charge in [-0.05, 0) is 34.7 Å². The van der Waals surface area contributed by atoms with Gasteiger partial charge in [0.15, 0.2) is 5.78 Å². The van der Waals surface area contributed by atoms with Crippen molar-refractivity contribution in [2.45, 2.75) is 0 Å². The van der Waals surface area contributed by atoms with Crippen LogP contribution in [0.15, 0.2) is 30.6 Å². The minimum atomic E-state index is -0.0849. The zero-order valence-corrected chi connectivity index (χ0v) is 7.87. The van der Waals surface area contributed by atoms with Crippen molar-refractivity contribution in [2.75, 3.05) is 6.54 Å². The van der Waals surface area contributed by atoms with Crippen molar-refractivity contribution in [3.05, 3.63) is 36.2 Å². The molecule has 2 rings (SSSR count). The van der Waals surface area contributed by atoms with Crippen LogP contribution in [0.5, 0.6) is 0 Å². The molecule has 6 heteroatoms. The van der Waals surface area contributed by atoms with E-state index >= 15 is 0 Å². The summed E-state index contributed by atoms with van der Waals surface area (Å²) in [7, 11) is 0. The smallest absolute Gasteiger partial charge is 0.176 e. The summed E-state index contributed by atoms with van der Waals surface area (Å²) in [6.45, 7) is 0.0181. The molecular weight excluding hydrogens is 194 g/mol. The molecule has 6 nitrogen and oxygen atoms in total. The molecule has 0 aliphatic carbocycles. The molecule has 1 heterocycles. The van der Waals surface area contributed by atoms with Gasteiger partial charge in [-0.25, -0.2) is 4.68 Å². The maximum Gasteiger partial charge on any atom is 0.176 e. The summed E-state index contributed by atoms with van der Waals surface area (Å²) in [5, 5.41) is 10.8. The fourth-order valence-corrected chi connectivity index (χ4v) is 1.20. The van der Waals surface area contributed by atoms with Crippen LogP contribution in [0.2, 0.25) is 0 Å². The highest BCUT2D eigenvalue weighted by Gasteiger charge is 2.03. The summed E-state index contributed by atoms with van der Waals surface area (Å²) in [5.74, 6) is -0.0849. The maximum atomic E-state index is 11.2. The Kier molecular flexibility index (Phi) is 2.51. The summed E-state index contributed by atoms with van der Waals surface area (Å²) in [6.07, 6.45) is 1.49. The van der Waals surface area contributed by atoms with Gasteiger partial charge in [0.05, 0.1) is 12.2 Å². The third kappa shape index (κ3) is 1.89. The minimum absolute atomic E-state index is 0.0181. The lowest BCUT2D eigenvalue weighted by Gasteiger charge is -2.00. The van der Waals surface area contributed by atoms with E-state index in [2.05, 4.69) is 15.5 Å². The molecule has 0 saturated carbocycles. The SMILES string of the molecule is NCC(=O)c1ccc(-n2cnnn2)cc1. The summed E-state index contributed by atoms with van der Waals surface area (Å²) >= 11 is 0. The lowest BCUT2D eigenvalue weighted by atomic mass is 10.1. The first-order valence-electron chi connectivity index (χ1n) is 4.38. The quantitative estimate of drug-likeness (QED) is 0.698. The largest absolute Gasteiger partial charge is 0.324 e. The van der Waals surface area contributed by atoms with E-state index in [1.807, 2.05) is 0 Å². The fourth-order valence-electron chi connectivity index (χ4n) is 1.20. The second-order valence-corrected chi connectivity index (χ2v) is 2.93. The monoisotopic (exact) mass is 203 g/mol. The van der Waals surface area contributed by atoms with Crippen LogP contribution in [0.3, 0.4) is 0 Å². The van der Waals surface area contributed by atoms with Crippen molar-refractivity contribution in [2.24, 2.45) is 5.73 Å². The van der Waals surface area contributed by atoms with Crippen molar-refractivity contribution in [1.82, 2.24) is 20.2 Å². The number of benzene rings is 1. The highest BCUT2D eigenvalue weighted by molar-refractivity contribution is 5.97. The molecule has 0 aliphatic heterocycles. The molecule has 0 radical (unpaired) electrons. The molecule has 0 spiro atoms. The average Bonchev–Trinajstić information content (AvgIpc) is 2.82. The Morgan fingerprint density at radius 3 is 2.60 bits per heavy atom. The van der Waals surface area contributed by atoms with Crippen LogP contribution in [0.25, 0.3) is 5.69 Å². The molecule has 1 aromatic heterocycles. The Bertz CT molecular complexity index is 448. The number of hydrogen-bond acceptors (Lipinski definition) is 5. The normalized spacial score (nSPS) is 10.2. The Labute approximate surface area is 85.7 Å². The van der Waals surface area contributed by atoms with Gasteiger partial charge in [0.25, 0.3) is 0 Å². The Hall–Kier alpha value is -2.08. The van der Waals surface area contributed by atoms with Crippen LogP contribution in [-0.4, -0.2) is 32.5 Å². The van der Waals surface area contributed by atoms with E-state index in [1.165, 1.54) is 11.0 Å². The molecule has 76 valence electrons. The third-order valence-corrected chi connectivity index (χ3v) is 1.99. The third-order valence-electron chi connectivity index (χ3n) is 1.99. The van der Waals surface area contributed by atoms with Crippen molar-refractivity contribution in [3.8, 4) is 5.69 Å². The van der Waals surface area contributed by atoms with Crippen LogP contribution in [-0.2, 0) is 0 Å². The number of ketones is 1. The average molecular weight is 203 g/mol. The number of hydrogen-bond donors (Lipinski definition) is 1. The first-order valence-corrected chi connectivity index (χ1v) is 4.38. The van der Waals surface area contributed by atoms with E-state index in [0.29, 0.717) is 5.56 Å². The van der Waals surface area contributed by atoms with Crippen LogP contribution >= 0.6 is 0 Å². The zero-order chi connectivity index (χ0) is 10.7. The van der Waals surface area contributed by atoms with E-state index in [0.717, 1.165) is 5.69 Å². The maximum absolute atomic E-state index is 11.2. The van der Waals surface area contributed by atoms with Gasteiger partial charge in [-0.2, -0.15) is 0 Å². The number of nitrogens with two attached hydrogens (primary N) is 1. The van der Waals surface area contributed by atoms with Crippen molar-refractivity contribution >= 4 is 5.78 Å². The summed E-state index contributed by atoms with van der Waals surface area (Å²) in [5.41, 5.74) is 6.64. The first kappa shape index (κ1) is 9.47. The van der Waals surface area contributed by atoms with Crippen molar-refractivity contribution < 1.29 is 4.79 Å². The van der Waals surface area contributed by atoms with E-state index in [-0.39, 0.29) is 12.3 Å². The number of nitrogens with zero attached hydrogens (tertiary/aromatic N) is 4. The number of carbonyl (C=O) groups is 1. The molecule has 0 unspecified atom stereocenters. The molecule has 2 aromatic rings. The number of carbonyl (C=O) groups excluding carboxylic acids is 1. The van der Waals surface area contributed by atoms with Gasteiger partial charge in [-0.15, -0.1) is 5.10 Å². The summed E-state index contributed by atoms with van der Waals surface area (Å²) in [4.78, 5) is 11.2. The Morgan fingerprint density at radius 2 is 2.07 bits per heavy atom. The standard InChI is InChI=1S/C9H9N5O/c10-5-9(15)7-1-3-8(4-2-7)14-6-11-12-13-14/h1-4,6H,5,10H2.